The van der Waals surface area contributed by atoms with Crippen molar-refractivity contribution >= 4 is 17.4 Å². The van der Waals surface area contributed by atoms with Gasteiger partial charge in [-0.15, -0.1) is 0 Å². The largest absolute Gasteiger partial charge is 0.399 e. The lowest BCUT2D eigenvalue weighted by Crippen LogP contribution is -2.37. The number of amides is 2. The van der Waals surface area contributed by atoms with Gasteiger partial charge in [-0.05, 0) is 48.2 Å². The Morgan fingerprint density at radius 1 is 0.818 bits per heavy atom. The van der Waals surface area contributed by atoms with Gasteiger partial charge in [0, 0.05) is 24.5 Å². The van der Waals surface area contributed by atoms with Crippen LogP contribution in [0.1, 0.15) is 11.1 Å². The van der Waals surface area contributed by atoms with Gasteiger partial charge in [0.05, 0.1) is 0 Å². The number of hydrogen-bond acceptors (Lipinski definition) is 3. The number of nitrogen functional groups attached to an aromatic ring is 2. The van der Waals surface area contributed by atoms with E-state index in [4.69, 9.17) is 11.5 Å². The third kappa shape index (κ3) is 5.36. The number of urea groups is 1. The summed E-state index contributed by atoms with van der Waals surface area (Å²) in [5, 5.41) is 5.67. The van der Waals surface area contributed by atoms with Crippen molar-refractivity contribution in [3.05, 3.63) is 59.7 Å². The second-order valence-corrected chi connectivity index (χ2v) is 5.17. The molecule has 5 nitrogen and oxygen atoms in total. The molecule has 0 spiro atoms. The molecule has 116 valence electrons. The van der Waals surface area contributed by atoms with E-state index in [0.717, 1.165) is 35.3 Å². The maximum absolute atomic E-state index is 11.7. The van der Waals surface area contributed by atoms with E-state index in [1.165, 1.54) is 0 Å². The summed E-state index contributed by atoms with van der Waals surface area (Å²) in [4.78, 5) is 11.7. The van der Waals surface area contributed by atoms with Crippen LogP contribution in [0, 0.1) is 0 Å². The summed E-state index contributed by atoms with van der Waals surface area (Å²) in [6.07, 6.45) is 1.52. The Kier molecular flexibility index (Phi) is 5.65. The van der Waals surface area contributed by atoms with E-state index in [1.54, 1.807) is 0 Å². The molecule has 2 aromatic carbocycles. The molecule has 0 saturated heterocycles. The van der Waals surface area contributed by atoms with Gasteiger partial charge in [-0.3, -0.25) is 0 Å². The van der Waals surface area contributed by atoms with Crippen molar-refractivity contribution in [3.8, 4) is 0 Å². The zero-order valence-electron chi connectivity index (χ0n) is 12.5. The minimum absolute atomic E-state index is 0.159. The number of hydrogen-bond donors (Lipinski definition) is 4. The molecule has 0 fully saturated rings. The second-order valence-electron chi connectivity index (χ2n) is 5.17. The van der Waals surface area contributed by atoms with Gasteiger partial charge in [0.25, 0.3) is 0 Å². The van der Waals surface area contributed by atoms with Crippen LogP contribution in [-0.2, 0) is 12.8 Å². The summed E-state index contributed by atoms with van der Waals surface area (Å²) in [6, 6.07) is 15.2. The Bertz CT molecular complexity index is 574. The van der Waals surface area contributed by atoms with Gasteiger partial charge in [-0.1, -0.05) is 24.3 Å². The molecule has 0 bridgehead atoms. The quantitative estimate of drug-likeness (QED) is 0.614. The van der Waals surface area contributed by atoms with E-state index < -0.39 is 0 Å². The highest BCUT2D eigenvalue weighted by molar-refractivity contribution is 5.73. The fraction of sp³-hybridized carbons (Fsp3) is 0.235. The number of rotatable bonds is 6. The Hall–Kier alpha value is -2.69. The van der Waals surface area contributed by atoms with Crippen LogP contribution in [0.5, 0.6) is 0 Å². The fourth-order valence-corrected chi connectivity index (χ4v) is 2.20. The zero-order valence-corrected chi connectivity index (χ0v) is 12.5. The molecule has 0 aliphatic carbocycles. The average Bonchev–Trinajstić information content (AvgIpc) is 2.47. The van der Waals surface area contributed by atoms with E-state index in [-0.39, 0.29) is 6.03 Å². The maximum Gasteiger partial charge on any atom is 0.314 e. The molecule has 22 heavy (non-hydrogen) atoms. The number of anilines is 2. The Balaban J connectivity index is 1.64. The van der Waals surface area contributed by atoms with Crippen LogP contribution in [0.25, 0.3) is 0 Å². The fourth-order valence-electron chi connectivity index (χ4n) is 2.20. The third-order valence-electron chi connectivity index (χ3n) is 3.30. The standard InChI is InChI=1S/C17H22N4O/c18-15-5-1-3-13(11-15)7-9-20-17(22)21-10-8-14-4-2-6-16(19)12-14/h1-6,11-12H,7-10,18-19H2,(H2,20,21,22). The number of benzene rings is 2. The maximum atomic E-state index is 11.7. The molecule has 0 atom stereocenters. The highest BCUT2D eigenvalue weighted by Crippen LogP contribution is 2.07. The van der Waals surface area contributed by atoms with Crippen LogP contribution in [0.3, 0.4) is 0 Å². The lowest BCUT2D eigenvalue weighted by atomic mass is 10.1. The normalized spacial score (nSPS) is 10.2. The molecular weight excluding hydrogens is 276 g/mol. The first kappa shape index (κ1) is 15.7. The lowest BCUT2D eigenvalue weighted by Gasteiger charge is -2.08. The minimum atomic E-state index is -0.159. The highest BCUT2D eigenvalue weighted by atomic mass is 16.2. The van der Waals surface area contributed by atoms with E-state index in [0.29, 0.717) is 13.1 Å². The van der Waals surface area contributed by atoms with Crippen LogP contribution >= 0.6 is 0 Å². The monoisotopic (exact) mass is 298 g/mol. The first-order chi connectivity index (χ1) is 10.6. The molecule has 0 radical (unpaired) electrons. The number of nitrogens with one attached hydrogen (secondary N) is 2. The predicted molar refractivity (Wildman–Crippen MR) is 90.5 cm³/mol. The zero-order chi connectivity index (χ0) is 15.8. The van der Waals surface area contributed by atoms with Crippen molar-refractivity contribution in [3.63, 3.8) is 0 Å². The van der Waals surface area contributed by atoms with Gasteiger partial charge in [0.1, 0.15) is 0 Å². The van der Waals surface area contributed by atoms with Gasteiger partial charge in [0.2, 0.25) is 0 Å². The second kappa shape index (κ2) is 7.93. The van der Waals surface area contributed by atoms with E-state index in [9.17, 15) is 4.79 Å². The Morgan fingerprint density at radius 2 is 1.27 bits per heavy atom. The van der Waals surface area contributed by atoms with Crippen LogP contribution < -0.4 is 22.1 Å². The molecule has 0 aliphatic heterocycles. The van der Waals surface area contributed by atoms with Crippen molar-refractivity contribution in [2.24, 2.45) is 0 Å². The Morgan fingerprint density at radius 3 is 1.68 bits per heavy atom. The van der Waals surface area contributed by atoms with Gasteiger partial charge < -0.3 is 22.1 Å². The number of carbonyl (C=O) groups is 1. The molecule has 2 aromatic rings. The van der Waals surface area contributed by atoms with Crippen molar-refractivity contribution in [1.29, 1.82) is 0 Å². The first-order valence-corrected chi connectivity index (χ1v) is 7.34. The molecule has 0 aliphatic rings. The lowest BCUT2D eigenvalue weighted by molar-refractivity contribution is 0.241. The van der Waals surface area contributed by atoms with Gasteiger partial charge in [-0.2, -0.15) is 0 Å². The topological polar surface area (TPSA) is 93.2 Å². The molecule has 2 rings (SSSR count). The molecule has 5 heteroatoms. The van der Waals surface area contributed by atoms with Crippen molar-refractivity contribution in [2.75, 3.05) is 24.6 Å². The van der Waals surface area contributed by atoms with Gasteiger partial charge in [-0.25, -0.2) is 4.79 Å². The summed E-state index contributed by atoms with van der Waals surface area (Å²) in [6.45, 7) is 1.15. The van der Waals surface area contributed by atoms with E-state index in [1.807, 2.05) is 48.5 Å². The Labute approximate surface area is 130 Å². The molecular formula is C17H22N4O. The third-order valence-corrected chi connectivity index (χ3v) is 3.30. The molecule has 0 saturated carbocycles. The summed E-state index contributed by atoms with van der Waals surface area (Å²) in [5.74, 6) is 0. The first-order valence-electron chi connectivity index (χ1n) is 7.34. The SMILES string of the molecule is Nc1cccc(CCNC(=O)NCCc2cccc(N)c2)c1. The van der Waals surface area contributed by atoms with Crippen molar-refractivity contribution < 1.29 is 4.79 Å². The summed E-state index contributed by atoms with van der Waals surface area (Å²) >= 11 is 0. The summed E-state index contributed by atoms with van der Waals surface area (Å²) < 4.78 is 0. The van der Waals surface area contributed by atoms with Crippen LogP contribution in [0.15, 0.2) is 48.5 Å². The highest BCUT2D eigenvalue weighted by Gasteiger charge is 2.00. The van der Waals surface area contributed by atoms with Crippen molar-refractivity contribution in [1.82, 2.24) is 10.6 Å². The van der Waals surface area contributed by atoms with Gasteiger partial charge >= 0.3 is 6.03 Å². The summed E-state index contributed by atoms with van der Waals surface area (Å²) in [7, 11) is 0. The predicted octanol–water partition coefficient (Wildman–Crippen LogP) is 1.94. The molecule has 0 unspecified atom stereocenters. The van der Waals surface area contributed by atoms with E-state index in [2.05, 4.69) is 10.6 Å². The van der Waals surface area contributed by atoms with Crippen LogP contribution in [0.4, 0.5) is 16.2 Å². The van der Waals surface area contributed by atoms with Crippen molar-refractivity contribution in [2.45, 2.75) is 12.8 Å². The van der Waals surface area contributed by atoms with E-state index >= 15 is 0 Å². The van der Waals surface area contributed by atoms with Crippen LogP contribution in [0.2, 0.25) is 0 Å². The van der Waals surface area contributed by atoms with Gasteiger partial charge in [0.15, 0.2) is 0 Å². The smallest absolute Gasteiger partial charge is 0.314 e. The molecule has 0 heterocycles. The summed E-state index contributed by atoms with van der Waals surface area (Å²) in [5.41, 5.74) is 15.1. The average molecular weight is 298 g/mol. The molecule has 6 N–H and O–H groups in total. The number of nitrogens with two attached hydrogens (primary N) is 2. The van der Waals surface area contributed by atoms with Crippen LogP contribution in [-0.4, -0.2) is 19.1 Å². The molecule has 0 aromatic heterocycles. The molecule has 2 amide bonds. The minimum Gasteiger partial charge on any atom is -0.399 e. The number of carbonyl (C=O) groups excluding carboxylic acids is 1.